The molecule has 1 aromatic heterocycles. The summed E-state index contributed by atoms with van der Waals surface area (Å²) in [5.41, 5.74) is 5.60. The van der Waals surface area contributed by atoms with Crippen molar-refractivity contribution in [3.63, 3.8) is 0 Å². The van der Waals surface area contributed by atoms with Crippen LogP contribution in [-0.2, 0) is 11.3 Å². The molecular formula is C14H13FN4O3. The number of nitrogens with one attached hydrogen (secondary N) is 1. The number of amides is 1. The SMILES string of the molecule is COC(=O)c1ccc(F)c(CNc2ccc(C(N)=O)nn2)c1. The van der Waals surface area contributed by atoms with Crippen molar-refractivity contribution in [2.24, 2.45) is 5.73 Å². The summed E-state index contributed by atoms with van der Waals surface area (Å²) >= 11 is 0. The molecule has 22 heavy (non-hydrogen) atoms. The number of carbonyl (C=O) groups is 2. The van der Waals surface area contributed by atoms with E-state index in [0.717, 1.165) is 0 Å². The fourth-order valence-corrected chi connectivity index (χ4v) is 1.70. The summed E-state index contributed by atoms with van der Waals surface area (Å²) in [6, 6.07) is 6.81. The second kappa shape index (κ2) is 6.61. The normalized spacial score (nSPS) is 10.1. The van der Waals surface area contributed by atoms with Gasteiger partial charge < -0.3 is 15.8 Å². The smallest absolute Gasteiger partial charge is 0.337 e. The number of benzene rings is 1. The van der Waals surface area contributed by atoms with E-state index in [-0.39, 0.29) is 23.4 Å². The van der Waals surface area contributed by atoms with Crippen LogP contribution < -0.4 is 11.1 Å². The Kier molecular flexibility index (Phi) is 4.62. The van der Waals surface area contributed by atoms with Gasteiger partial charge in [-0.15, -0.1) is 10.2 Å². The first-order valence-electron chi connectivity index (χ1n) is 6.25. The molecule has 0 spiro atoms. The molecule has 0 radical (unpaired) electrons. The average molecular weight is 304 g/mol. The maximum absolute atomic E-state index is 13.7. The van der Waals surface area contributed by atoms with Crippen LogP contribution in [0.3, 0.4) is 0 Å². The summed E-state index contributed by atoms with van der Waals surface area (Å²) in [5, 5.41) is 10.2. The third-order valence-corrected chi connectivity index (χ3v) is 2.84. The highest BCUT2D eigenvalue weighted by Crippen LogP contribution is 2.13. The predicted octanol–water partition coefficient (Wildman–Crippen LogP) is 1.11. The summed E-state index contributed by atoms with van der Waals surface area (Å²) in [7, 11) is 1.25. The van der Waals surface area contributed by atoms with Crippen molar-refractivity contribution in [1.82, 2.24) is 10.2 Å². The number of nitrogens with zero attached hydrogens (tertiary/aromatic N) is 2. The third kappa shape index (κ3) is 3.54. The van der Waals surface area contributed by atoms with E-state index in [1.54, 1.807) is 0 Å². The molecule has 3 N–H and O–H groups in total. The lowest BCUT2D eigenvalue weighted by atomic mass is 10.1. The van der Waals surface area contributed by atoms with E-state index in [0.29, 0.717) is 5.82 Å². The van der Waals surface area contributed by atoms with Crippen molar-refractivity contribution in [3.8, 4) is 0 Å². The second-order valence-electron chi connectivity index (χ2n) is 4.32. The molecule has 0 atom stereocenters. The van der Waals surface area contributed by atoms with Gasteiger partial charge in [-0.25, -0.2) is 9.18 Å². The van der Waals surface area contributed by atoms with Gasteiger partial charge in [0.1, 0.15) is 11.6 Å². The van der Waals surface area contributed by atoms with Crippen LogP contribution in [0.1, 0.15) is 26.4 Å². The Morgan fingerprint density at radius 2 is 2.05 bits per heavy atom. The van der Waals surface area contributed by atoms with Crippen molar-refractivity contribution in [3.05, 3.63) is 53.0 Å². The standard InChI is InChI=1S/C14H13FN4O3/c1-22-14(21)8-2-3-10(15)9(6-8)7-17-12-5-4-11(13(16)20)18-19-12/h2-6H,7H2,1H3,(H2,16,20)(H,17,19). The lowest BCUT2D eigenvalue weighted by molar-refractivity contribution is 0.0600. The molecule has 0 fully saturated rings. The Morgan fingerprint density at radius 3 is 2.64 bits per heavy atom. The zero-order valence-corrected chi connectivity index (χ0v) is 11.7. The number of ether oxygens (including phenoxy) is 1. The van der Waals surface area contributed by atoms with E-state index in [1.807, 2.05) is 0 Å². The lowest BCUT2D eigenvalue weighted by Crippen LogP contribution is -2.14. The number of halogens is 1. The van der Waals surface area contributed by atoms with Crippen molar-refractivity contribution >= 4 is 17.7 Å². The largest absolute Gasteiger partial charge is 0.465 e. The van der Waals surface area contributed by atoms with Crippen LogP contribution in [0, 0.1) is 5.82 Å². The third-order valence-electron chi connectivity index (χ3n) is 2.84. The number of rotatable bonds is 5. The van der Waals surface area contributed by atoms with E-state index < -0.39 is 17.7 Å². The van der Waals surface area contributed by atoms with Gasteiger partial charge in [-0.2, -0.15) is 0 Å². The van der Waals surface area contributed by atoms with Crippen LogP contribution in [0.15, 0.2) is 30.3 Å². The second-order valence-corrected chi connectivity index (χ2v) is 4.32. The average Bonchev–Trinajstić information content (AvgIpc) is 2.53. The van der Waals surface area contributed by atoms with E-state index in [1.165, 1.54) is 37.4 Å². The van der Waals surface area contributed by atoms with Crippen molar-refractivity contribution in [2.45, 2.75) is 6.54 Å². The van der Waals surface area contributed by atoms with Crippen LogP contribution >= 0.6 is 0 Å². The first-order valence-corrected chi connectivity index (χ1v) is 6.25. The summed E-state index contributed by atoms with van der Waals surface area (Å²) in [4.78, 5) is 22.3. The fraction of sp³-hybridized carbons (Fsp3) is 0.143. The van der Waals surface area contributed by atoms with Crippen molar-refractivity contribution < 1.29 is 18.7 Å². The zero-order chi connectivity index (χ0) is 16.1. The molecule has 7 nitrogen and oxygen atoms in total. The summed E-state index contributed by atoms with van der Waals surface area (Å²) in [6.07, 6.45) is 0. The molecule has 0 saturated carbocycles. The van der Waals surface area contributed by atoms with Crippen LogP contribution in [0.2, 0.25) is 0 Å². The van der Waals surface area contributed by atoms with Crippen LogP contribution in [-0.4, -0.2) is 29.2 Å². The van der Waals surface area contributed by atoms with E-state index in [2.05, 4.69) is 20.3 Å². The van der Waals surface area contributed by atoms with Gasteiger partial charge in [0.25, 0.3) is 5.91 Å². The first kappa shape index (κ1) is 15.4. The molecule has 1 heterocycles. The van der Waals surface area contributed by atoms with E-state index in [4.69, 9.17) is 5.73 Å². The molecule has 2 aromatic rings. The number of hydrogen-bond donors (Lipinski definition) is 2. The van der Waals surface area contributed by atoms with Gasteiger partial charge in [-0.3, -0.25) is 4.79 Å². The van der Waals surface area contributed by atoms with Gasteiger partial charge in [0.2, 0.25) is 0 Å². The molecule has 0 aliphatic rings. The topological polar surface area (TPSA) is 107 Å². The van der Waals surface area contributed by atoms with Crippen LogP contribution in [0.4, 0.5) is 10.2 Å². The van der Waals surface area contributed by atoms with Crippen LogP contribution in [0.5, 0.6) is 0 Å². The number of aromatic nitrogens is 2. The van der Waals surface area contributed by atoms with E-state index in [9.17, 15) is 14.0 Å². The molecule has 8 heteroatoms. The highest BCUT2D eigenvalue weighted by Gasteiger charge is 2.10. The number of carbonyl (C=O) groups excluding carboxylic acids is 2. The van der Waals surface area contributed by atoms with Gasteiger partial charge >= 0.3 is 5.97 Å². The van der Waals surface area contributed by atoms with Gasteiger partial charge in [-0.05, 0) is 30.3 Å². The van der Waals surface area contributed by atoms with Crippen LogP contribution in [0.25, 0.3) is 0 Å². The van der Waals surface area contributed by atoms with Gasteiger partial charge in [0.05, 0.1) is 12.7 Å². The Balaban J connectivity index is 2.10. The molecule has 0 aliphatic carbocycles. The van der Waals surface area contributed by atoms with Gasteiger partial charge in [0.15, 0.2) is 5.69 Å². The number of primary amides is 1. The Hall–Kier alpha value is -3.03. The van der Waals surface area contributed by atoms with Gasteiger partial charge in [0, 0.05) is 12.1 Å². The lowest BCUT2D eigenvalue weighted by Gasteiger charge is -2.08. The summed E-state index contributed by atoms with van der Waals surface area (Å²) in [6.45, 7) is 0.0846. The van der Waals surface area contributed by atoms with Gasteiger partial charge in [-0.1, -0.05) is 0 Å². The quantitative estimate of drug-likeness (QED) is 0.801. The first-order chi connectivity index (χ1) is 10.5. The Labute approximate surface area is 125 Å². The minimum atomic E-state index is -0.684. The van der Waals surface area contributed by atoms with E-state index >= 15 is 0 Å². The molecule has 0 aliphatic heterocycles. The molecule has 1 amide bonds. The minimum Gasteiger partial charge on any atom is -0.465 e. The number of methoxy groups -OCH3 is 1. The molecule has 0 saturated heterocycles. The Bertz CT molecular complexity index is 704. The zero-order valence-electron chi connectivity index (χ0n) is 11.7. The number of esters is 1. The molecule has 0 unspecified atom stereocenters. The minimum absolute atomic E-state index is 0.0319. The molecule has 2 rings (SSSR count). The fourth-order valence-electron chi connectivity index (χ4n) is 1.70. The Morgan fingerprint density at radius 1 is 1.27 bits per heavy atom. The number of hydrogen-bond acceptors (Lipinski definition) is 6. The molecule has 114 valence electrons. The highest BCUT2D eigenvalue weighted by atomic mass is 19.1. The summed E-state index contributed by atoms with van der Waals surface area (Å²) in [5.74, 6) is -1.36. The monoisotopic (exact) mass is 304 g/mol. The maximum Gasteiger partial charge on any atom is 0.337 e. The maximum atomic E-state index is 13.7. The summed E-state index contributed by atoms with van der Waals surface area (Å²) < 4.78 is 18.3. The predicted molar refractivity (Wildman–Crippen MR) is 75.6 cm³/mol. The molecule has 1 aromatic carbocycles. The number of nitrogens with two attached hydrogens (primary N) is 1. The number of anilines is 1. The van der Waals surface area contributed by atoms with Crippen molar-refractivity contribution in [2.75, 3.05) is 12.4 Å². The molecular weight excluding hydrogens is 291 g/mol. The highest BCUT2D eigenvalue weighted by molar-refractivity contribution is 5.90. The molecule has 0 bridgehead atoms. The van der Waals surface area contributed by atoms with Crippen molar-refractivity contribution in [1.29, 1.82) is 0 Å².